The maximum atomic E-state index is 12.8. The highest BCUT2D eigenvalue weighted by molar-refractivity contribution is 7.87. The Kier molecular flexibility index (Phi) is 4.79. The van der Waals surface area contributed by atoms with Gasteiger partial charge >= 0.3 is 10.1 Å². The average molecular weight is 353 g/mol. The smallest absolute Gasteiger partial charge is 0.339 e. The number of aryl methyl sites for hydroxylation is 4. The minimum atomic E-state index is -3.91. The van der Waals surface area contributed by atoms with Gasteiger partial charge in [-0.3, -0.25) is 0 Å². The summed E-state index contributed by atoms with van der Waals surface area (Å²) in [5, 5.41) is 0.619. The molecule has 0 saturated carbocycles. The molecule has 0 bridgehead atoms. The van der Waals surface area contributed by atoms with Crippen molar-refractivity contribution in [2.75, 3.05) is 0 Å². The van der Waals surface area contributed by atoms with Crippen molar-refractivity contribution < 1.29 is 12.6 Å². The van der Waals surface area contributed by atoms with Crippen molar-refractivity contribution in [3.8, 4) is 5.75 Å². The summed E-state index contributed by atoms with van der Waals surface area (Å²) in [6.45, 7) is 11.0. The molecule has 0 aliphatic carbocycles. The van der Waals surface area contributed by atoms with Crippen molar-refractivity contribution in [3.63, 3.8) is 0 Å². The van der Waals surface area contributed by atoms with Crippen molar-refractivity contribution in [2.45, 2.75) is 46.4 Å². The van der Waals surface area contributed by atoms with Crippen LogP contribution in [0.25, 0.3) is 0 Å². The van der Waals surface area contributed by atoms with E-state index in [1.165, 1.54) is 0 Å². The molecule has 0 spiro atoms. The Balaban J connectivity index is 2.57. The average Bonchev–Trinajstić information content (AvgIpc) is 2.42. The zero-order valence-electron chi connectivity index (χ0n) is 14.2. The molecule has 0 N–H and O–H groups in total. The normalized spacial score (nSPS) is 11.6. The maximum absolute atomic E-state index is 12.8. The van der Waals surface area contributed by atoms with Gasteiger partial charge in [-0.1, -0.05) is 17.7 Å². The van der Waals surface area contributed by atoms with Crippen LogP contribution in [0.5, 0.6) is 5.75 Å². The Hall–Kier alpha value is -1.52. The Morgan fingerprint density at radius 1 is 0.783 bits per heavy atom. The van der Waals surface area contributed by atoms with E-state index in [0.717, 1.165) is 33.4 Å². The van der Waals surface area contributed by atoms with E-state index < -0.39 is 10.1 Å². The molecule has 0 aliphatic heterocycles. The summed E-state index contributed by atoms with van der Waals surface area (Å²) in [5.41, 5.74) is 4.86. The quantitative estimate of drug-likeness (QED) is 0.733. The first kappa shape index (κ1) is 17.8. The van der Waals surface area contributed by atoms with Crippen molar-refractivity contribution in [3.05, 3.63) is 56.6 Å². The maximum Gasteiger partial charge on any atom is 0.339 e. The van der Waals surface area contributed by atoms with E-state index in [-0.39, 0.29) is 10.6 Å². The van der Waals surface area contributed by atoms with Gasteiger partial charge < -0.3 is 4.18 Å². The molecule has 23 heavy (non-hydrogen) atoms. The Morgan fingerprint density at radius 2 is 1.22 bits per heavy atom. The highest BCUT2D eigenvalue weighted by Crippen LogP contribution is 2.31. The number of halogens is 1. The number of hydrogen-bond donors (Lipinski definition) is 0. The highest BCUT2D eigenvalue weighted by atomic mass is 35.5. The zero-order chi connectivity index (χ0) is 17.5. The lowest BCUT2D eigenvalue weighted by Crippen LogP contribution is -2.14. The molecular formula is C18H21ClO3S. The summed E-state index contributed by atoms with van der Waals surface area (Å²) in [7, 11) is -3.91. The highest BCUT2D eigenvalue weighted by Gasteiger charge is 2.24. The van der Waals surface area contributed by atoms with Crippen LogP contribution >= 0.6 is 11.6 Å². The van der Waals surface area contributed by atoms with Crippen LogP contribution in [0.3, 0.4) is 0 Å². The van der Waals surface area contributed by atoms with E-state index >= 15 is 0 Å². The lowest BCUT2D eigenvalue weighted by Gasteiger charge is -2.16. The monoisotopic (exact) mass is 352 g/mol. The SMILES string of the molecule is Cc1cc(C)c(C)c(S(=O)(=O)Oc2cc(C)c(Cl)c(C)c2)c1C. The minimum Gasteiger partial charge on any atom is -0.379 e. The second-order valence-corrected chi connectivity index (χ2v) is 7.86. The third kappa shape index (κ3) is 3.38. The summed E-state index contributed by atoms with van der Waals surface area (Å²) in [5.74, 6) is 0.280. The van der Waals surface area contributed by atoms with Gasteiger partial charge in [0.2, 0.25) is 0 Å². The van der Waals surface area contributed by atoms with E-state index in [2.05, 4.69) is 0 Å². The molecule has 0 radical (unpaired) electrons. The number of hydrogen-bond acceptors (Lipinski definition) is 3. The molecule has 0 aliphatic rings. The molecule has 2 rings (SSSR count). The molecule has 0 fully saturated rings. The van der Waals surface area contributed by atoms with Crippen LogP contribution in [0.2, 0.25) is 5.02 Å². The van der Waals surface area contributed by atoms with E-state index in [1.807, 2.05) is 33.8 Å². The first-order chi connectivity index (χ1) is 10.5. The van der Waals surface area contributed by atoms with Crippen LogP contribution in [0.4, 0.5) is 0 Å². The Bertz CT molecular complexity index is 834. The van der Waals surface area contributed by atoms with Crippen LogP contribution in [0, 0.1) is 41.5 Å². The van der Waals surface area contributed by atoms with Gasteiger partial charge in [0.15, 0.2) is 0 Å². The van der Waals surface area contributed by atoms with E-state index in [1.54, 1.807) is 26.0 Å². The zero-order valence-corrected chi connectivity index (χ0v) is 15.8. The molecule has 5 heteroatoms. The summed E-state index contributed by atoms with van der Waals surface area (Å²) >= 11 is 6.12. The predicted molar refractivity (Wildman–Crippen MR) is 94.1 cm³/mol. The molecule has 0 amide bonds. The van der Waals surface area contributed by atoms with E-state index in [9.17, 15) is 8.42 Å². The second kappa shape index (κ2) is 6.17. The van der Waals surface area contributed by atoms with Crippen molar-refractivity contribution in [1.82, 2.24) is 0 Å². The largest absolute Gasteiger partial charge is 0.379 e. The fourth-order valence-electron chi connectivity index (χ4n) is 2.68. The van der Waals surface area contributed by atoms with E-state index in [4.69, 9.17) is 15.8 Å². The molecule has 0 heterocycles. The molecule has 3 nitrogen and oxygen atoms in total. The van der Waals surface area contributed by atoms with Crippen LogP contribution in [-0.4, -0.2) is 8.42 Å². The number of rotatable bonds is 3. The standard InChI is InChI=1S/C18H21ClO3S/c1-10-7-11(2)15(6)18(14(10)5)23(20,21)22-16-8-12(3)17(19)13(4)9-16/h7-9H,1-6H3. The summed E-state index contributed by atoms with van der Waals surface area (Å²) in [4.78, 5) is 0.250. The van der Waals surface area contributed by atoms with Crippen LogP contribution in [0.1, 0.15) is 33.4 Å². The fourth-order valence-corrected chi connectivity index (χ4v) is 4.29. The van der Waals surface area contributed by atoms with Crippen molar-refractivity contribution >= 4 is 21.7 Å². The summed E-state index contributed by atoms with van der Waals surface area (Å²) in [6, 6.07) is 5.26. The van der Waals surface area contributed by atoms with Crippen molar-refractivity contribution in [1.29, 1.82) is 0 Å². The van der Waals surface area contributed by atoms with Gasteiger partial charge in [0.05, 0.1) is 0 Å². The third-order valence-corrected chi connectivity index (χ3v) is 6.28. The summed E-state index contributed by atoms with van der Waals surface area (Å²) in [6.07, 6.45) is 0. The van der Waals surface area contributed by atoms with Crippen LogP contribution in [-0.2, 0) is 10.1 Å². The molecule has 0 aromatic heterocycles. The Morgan fingerprint density at radius 3 is 1.65 bits per heavy atom. The van der Waals surface area contributed by atoms with Gasteiger partial charge in [0.25, 0.3) is 0 Å². The van der Waals surface area contributed by atoms with Gasteiger partial charge in [-0.15, -0.1) is 0 Å². The third-order valence-electron chi connectivity index (χ3n) is 4.16. The lowest BCUT2D eigenvalue weighted by atomic mass is 10.0. The molecule has 124 valence electrons. The molecule has 0 unspecified atom stereocenters. The lowest BCUT2D eigenvalue weighted by molar-refractivity contribution is 0.484. The molecular weight excluding hydrogens is 332 g/mol. The Labute approximate surface area is 143 Å². The van der Waals surface area contributed by atoms with Gasteiger partial charge in [0.1, 0.15) is 10.6 Å². The molecule has 0 saturated heterocycles. The topological polar surface area (TPSA) is 43.4 Å². The van der Waals surface area contributed by atoms with Crippen LogP contribution in [0.15, 0.2) is 23.1 Å². The van der Waals surface area contributed by atoms with Gasteiger partial charge in [-0.2, -0.15) is 8.42 Å². The first-order valence-electron chi connectivity index (χ1n) is 7.33. The molecule has 2 aromatic rings. The fraction of sp³-hybridized carbons (Fsp3) is 0.333. The minimum absolute atomic E-state index is 0.250. The number of benzene rings is 2. The van der Waals surface area contributed by atoms with Gasteiger partial charge in [-0.25, -0.2) is 0 Å². The first-order valence-corrected chi connectivity index (χ1v) is 9.12. The summed E-state index contributed by atoms with van der Waals surface area (Å²) < 4.78 is 31.0. The molecule has 2 aromatic carbocycles. The van der Waals surface area contributed by atoms with Gasteiger partial charge in [-0.05, 0) is 87.1 Å². The van der Waals surface area contributed by atoms with E-state index in [0.29, 0.717) is 5.02 Å². The second-order valence-electron chi connectivity index (χ2n) is 6.00. The van der Waals surface area contributed by atoms with Gasteiger partial charge in [0, 0.05) is 5.02 Å². The predicted octanol–water partition coefficient (Wildman–Crippen LogP) is 4.96. The van der Waals surface area contributed by atoms with Crippen LogP contribution < -0.4 is 4.18 Å². The van der Waals surface area contributed by atoms with Crippen molar-refractivity contribution in [2.24, 2.45) is 0 Å². The molecule has 0 atom stereocenters.